The van der Waals surface area contributed by atoms with Crippen molar-refractivity contribution in [1.29, 1.82) is 0 Å². The van der Waals surface area contributed by atoms with Gasteiger partial charge in [0.1, 0.15) is 11.6 Å². The molecule has 2 aromatic heterocycles. The van der Waals surface area contributed by atoms with Gasteiger partial charge in [-0.25, -0.2) is 4.39 Å². The van der Waals surface area contributed by atoms with Gasteiger partial charge in [0.05, 0.1) is 5.02 Å². The fourth-order valence-electron chi connectivity index (χ4n) is 2.08. The summed E-state index contributed by atoms with van der Waals surface area (Å²) in [4.78, 5) is 1.92. The van der Waals surface area contributed by atoms with E-state index in [-0.39, 0.29) is 5.02 Å². The molecule has 2 heterocycles. The highest BCUT2D eigenvalue weighted by atomic mass is 35.5. The molecule has 0 amide bonds. The fraction of sp³-hybridized carbons (Fsp3) is 0.214. The molecule has 0 fully saturated rings. The van der Waals surface area contributed by atoms with E-state index in [1.165, 1.54) is 6.07 Å². The molecule has 7 heteroatoms. The highest BCUT2D eigenvalue weighted by Gasteiger charge is 2.09. The monoisotopic (exact) mass is 305 g/mol. The van der Waals surface area contributed by atoms with E-state index >= 15 is 0 Å². The smallest absolute Gasteiger partial charge is 0.178 e. The Morgan fingerprint density at radius 1 is 1.24 bits per heavy atom. The maximum atomic E-state index is 13.5. The van der Waals surface area contributed by atoms with Crippen LogP contribution in [0.3, 0.4) is 0 Å². The van der Waals surface area contributed by atoms with E-state index in [1.54, 1.807) is 16.6 Å². The van der Waals surface area contributed by atoms with Gasteiger partial charge in [-0.3, -0.25) is 0 Å². The minimum atomic E-state index is -0.416. The van der Waals surface area contributed by atoms with Crippen LogP contribution in [0.4, 0.5) is 10.2 Å². The van der Waals surface area contributed by atoms with Crippen molar-refractivity contribution < 1.29 is 4.39 Å². The van der Waals surface area contributed by atoms with Crippen LogP contribution in [0.1, 0.15) is 11.4 Å². The number of fused-ring (bicyclic) bond motifs is 1. The van der Waals surface area contributed by atoms with Gasteiger partial charge >= 0.3 is 0 Å². The highest BCUT2D eigenvalue weighted by Crippen LogP contribution is 2.18. The van der Waals surface area contributed by atoms with Gasteiger partial charge in [0.15, 0.2) is 11.5 Å². The lowest BCUT2D eigenvalue weighted by atomic mass is 10.2. The number of halogens is 2. The van der Waals surface area contributed by atoms with Gasteiger partial charge in [-0.05, 0) is 36.8 Å². The first-order valence-electron chi connectivity index (χ1n) is 6.39. The maximum absolute atomic E-state index is 13.5. The van der Waals surface area contributed by atoms with Crippen LogP contribution in [0.25, 0.3) is 5.65 Å². The predicted octanol–water partition coefficient (Wildman–Crippen LogP) is 2.86. The SMILES string of the molecule is Cc1nnc2ccc(N(C)Cc3ccc(Cl)c(F)c3)nn12. The van der Waals surface area contributed by atoms with Crippen molar-refractivity contribution in [1.82, 2.24) is 19.8 Å². The number of benzene rings is 1. The lowest BCUT2D eigenvalue weighted by Crippen LogP contribution is -2.19. The fourth-order valence-corrected chi connectivity index (χ4v) is 2.20. The van der Waals surface area contributed by atoms with Crippen molar-refractivity contribution >= 4 is 23.1 Å². The largest absolute Gasteiger partial charge is 0.354 e. The molecule has 3 aromatic rings. The van der Waals surface area contributed by atoms with Crippen LogP contribution in [0.2, 0.25) is 5.02 Å². The van der Waals surface area contributed by atoms with Gasteiger partial charge in [-0.1, -0.05) is 17.7 Å². The van der Waals surface area contributed by atoms with Gasteiger partial charge in [0.2, 0.25) is 0 Å². The first kappa shape index (κ1) is 13.8. The van der Waals surface area contributed by atoms with Crippen LogP contribution in [-0.2, 0) is 6.54 Å². The number of hydrogen-bond acceptors (Lipinski definition) is 4. The van der Waals surface area contributed by atoms with Gasteiger partial charge in [0, 0.05) is 13.6 Å². The summed E-state index contributed by atoms with van der Waals surface area (Å²) >= 11 is 5.69. The third kappa shape index (κ3) is 2.67. The van der Waals surface area contributed by atoms with Crippen LogP contribution in [0.5, 0.6) is 0 Å². The molecule has 108 valence electrons. The van der Waals surface area contributed by atoms with Crippen LogP contribution in [0, 0.1) is 12.7 Å². The Hall–Kier alpha value is -2.21. The molecule has 5 nitrogen and oxygen atoms in total. The average molecular weight is 306 g/mol. The standard InChI is InChI=1S/C14H13ClFN5/c1-9-17-18-13-5-6-14(19-21(9)13)20(2)8-10-3-4-11(15)12(16)7-10/h3-7H,8H2,1-2H3. The zero-order chi connectivity index (χ0) is 15.0. The van der Waals surface area contributed by atoms with Crippen molar-refractivity contribution in [3.8, 4) is 0 Å². The van der Waals surface area contributed by atoms with Gasteiger partial charge in [-0.15, -0.1) is 15.3 Å². The summed E-state index contributed by atoms with van der Waals surface area (Å²) < 4.78 is 15.1. The topological polar surface area (TPSA) is 46.3 Å². The Labute approximate surface area is 126 Å². The molecule has 0 radical (unpaired) electrons. The zero-order valence-corrected chi connectivity index (χ0v) is 12.3. The molecule has 1 aromatic carbocycles. The molecule has 0 bridgehead atoms. The second-order valence-electron chi connectivity index (χ2n) is 4.81. The number of aryl methyl sites for hydroxylation is 1. The minimum absolute atomic E-state index is 0.126. The Balaban J connectivity index is 1.87. The molecule has 0 aliphatic carbocycles. The summed E-state index contributed by atoms with van der Waals surface area (Å²) in [7, 11) is 1.89. The lowest BCUT2D eigenvalue weighted by Gasteiger charge is -2.18. The minimum Gasteiger partial charge on any atom is -0.354 e. The van der Waals surface area contributed by atoms with E-state index in [0.29, 0.717) is 12.2 Å². The quantitative estimate of drug-likeness (QED) is 0.746. The number of rotatable bonds is 3. The van der Waals surface area contributed by atoms with Crippen molar-refractivity contribution in [2.75, 3.05) is 11.9 Å². The van der Waals surface area contributed by atoms with E-state index in [9.17, 15) is 4.39 Å². The van der Waals surface area contributed by atoms with Crippen LogP contribution < -0.4 is 4.90 Å². The van der Waals surface area contributed by atoms with Crippen LogP contribution in [0.15, 0.2) is 30.3 Å². The molecule has 3 rings (SSSR count). The number of hydrogen-bond donors (Lipinski definition) is 0. The molecule has 0 saturated carbocycles. The molecule has 0 atom stereocenters. The molecule has 0 N–H and O–H groups in total. The Kier molecular flexibility index (Phi) is 3.47. The molecule has 0 aliphatic heterocycles. The summed E-state index contributed by atoms with van der Waals surface area (Å²) in [5.74, 6) is 1.05. The lowest BCUT2D eigenvalue weighted by molar-refractivity contribution is 0.625. The van der Waals surface area contributed by atoms with E-state index < -0.39 is 5.82 Å². The second kappa shape index (κ2) is 5.29. The molecular weight excluding hydrogens is 293 g/mol. The third-order valence-corrected chi connectivity index (χ3v) is 3.51. The van der Waals surface area contributed by atoms with Crippen LogP contribution >= 0.6 is 11.6 Å². The highest BCUT2D eigenvalue weighted by molar-refractivity contribution is 6.30. The summed E-state index contributed by atoms with van der Waals surface area (Å²) in [6.45, 7) is 2.36. The number of nitrogens with zero attached hydrogens (tertiary/aromatic N) is 5. The third-order valence-electron chi connectivity index (χ3n) is 3.20. The van der Waals surface area contributed by atoms with Gasteiger partial charge < -0.3 is 4.90 Å². The first-order chi connectivity index (χ1) is 10.0. The van der Waals surface area contributed by atoms with Crippen LogP contribution in [-0.4, -0.2) is 26.9 Å². The number of aromatic nitrogens is 4. The molecule has 0 spiro atoms. The molecule has 0 aliphatic rings. The molecule has 0 unspecified atom stereocenters. The van der Waals surface area contributed by atoms with E-state index in [0.717, 1.165) is 17.2 Å². The second-order valence-corrected chi connectivity index (χ2v) is 5.22. The van der Waals surface area contributed by atoms with E-state index in [2.05, 4.69) is 15.3 Å². The summed E-state index contributed by atoms with van der Waals surface area (Å²) in [6.07, 6.45) is 0. The molecular formula is C14H13ClFN5. The summed E-state index contributed by atoms with van der Waals surface area (Å²) in [6, 6.07) is 8.49. The Morgan fingerprint density at radius 3 is 2.81 bits per heavy atom. The predicted molar refractivity (Wildman–Crippen MR) is 79.0 cm³/mol. The maximum Gasteiger partial charge on any atom is 0.178 e. The van der Waals surface area contributed by atoms with Crippen molar-refractivity contribution in [3.63, 3.8) is 0 Å². The van der Waals surface area contributed by atoms with E-state index in [4.69, 9.17) is 11.6 Å². The Morgan fingerprint density at radius 2 is 2.05 bits per heavy atom. The summed E-state index contributed by atoms with van der Waals surface area (Å²) in [5.41, 5.74) is 1.52. The normalized spacial score (nSPS) is 11.0. The van der Waals surface area contributed by atoms with E-state index in [1.807, 2.05) is 31.0 Å². The molecule has 0 saturated heterocycles. The van der Waals surface area contributed by atoms with Crippen molar-refractivity contribution in [2.45, 2.75) is 13.5 Å². The van der Waals surface area contributed by atoms with Crippen molar-refractivity contribution in [3.05, 3.63) is 52.6 Å². The van der Waals surface area contributed by atoms with Gasteiger partial charge in [0.25, 0.3) is 0 Å². The average Bonchev–Trinajstić information content (AvgIpc) is 2.84. The summed E-state index contributed by atoms with van der Waals surface area (Å²) in [5, 5.41) is 12.6. The first-order valence-corrected chi connectivity index (χ1v) is 6.76. The van der Waals surface area contributed by atoms with Gasteiger partial charge in [-0.2, -0.15) is 4.52 Å². The number of anilines is 1. The zero-order valence-electron chi connectivity index (χ0n) is 11.6. The Bertz CT molecular complexity index is 801. The van der Waals surface area contributed by atoms with Crippen molar-refractivity contribution in [2.24, 2.45) is 0 Å². The molecule has 21 heavy (non-hydrogen) atoms.